The Morgan fingerprint density at radius 1 is 1.00 bits per heavy atom. The minimum absolute atomic E-state index is 0.0761. The van der Waals surface area contributed by atoms with Gasteiger partial charge in [-0.05, 0) is 36.4 Å². The maximum atomic E-state index is 12.0. The number of carbonyl (C=O) groups excluding carboxylic acids is 1. The molecule has 3 rings (SSSR count). The first kappa shape index (κ1) is 14.6. The van der Waals surface area contributed by atoms with E-state index in [1.807, 2.05) is 53.2 Å². The number of para-hydroxylation sites is 2. The molecule has 2 N–H and O–H groups in total. The van der Waals surface area contributed by atoms with Crippen LogP contribution in [0, 0.1) is 0 Å². The molecule has 0 radical (unpaired) electrons. The first-order valence-corrected chi connectivity index (χ1v) is 7.10. The Bertz CT molecular complexity index is 838. The van der Waals surface area contributed by atoms with Gasteiger partial charge >= 0.3 is 0 Å². The van der Waals surface area contributed by atoms with E-state index in [4.69, 9.17) is 0 Å². The molecule has 0 aliphatic carbocycles. The number of hydrazone groups is 1. The number of aromatic nitrogens is 1. The number of carbonyl (C=O) groups is 1. The number of nitrogens with one attached hydrogen (secondary N) is 1. The summed E-state index contributed by atoms with van der Waals surface area (Å²) in [6.45, 7) is 0. The highest BCUT2D eigenvalue weighted by atomic mass is 16.3. The zero-order valence-corrected chi connectivity index (χ0v) is 12.3. The van der Waals surface area contributed by atoms with Gasteiger partial charge in [0.05, 0.1) is 17.5 Å². The first-order valence-electron chi connectivity index (χ1n) is 7.10. The zero-order chi connectivity index (χ0) is 16.1. The third-order valence-electron chi connectivity index (χ3n) is 3.33. The monoisotopic (exact) mass is 305 g/mol. The molecule has 0 bridgehead atoms. The summed E-state index contributed by atoms with van der Waals surface area (Å²) in [6, 6.07) is 19.9. The molecule has 114 valence electrons. The highest BCUT2D eigenvalue weighted by Crippen LogP contribution is 2.15. The van der Waals surface area contributed by atoms with E-state index in [2.05, 4.69) is 10.5 Å². The molecular weight excluding hydrogens is 290 g/mol. The standard InChI is InChI=1S/C18H15N3O2/c22-17-11-5-4-10-16(17)18(23)20-19-13-15-9-6-12-21(15)14-7-2-1-3-8-14/h1-13,22H,(H,20,23). The minimum Gasteiger partial charge on any atom is -0.507 e. The van der Waals surface area contributed by atoms with Crippen molar-refractivity contribution in [2.45, 2.75) is 0 Å². The summed E-state index contributed by atoms with van der Waals surface area (Å²) in [5.41, 5.74) is 4.43. The zero-order valence-electron chi connectivity index (χ0n) is 12.3. The molecule has 0 unspecified atom stereocenters. The fourth-order valence-electron chi connectivity index (χ4n) is 2.21. The lowest BCUT2D eigenvalue weighted by Gasteiger charge is -2.05. The van der Waals surface area contributed by atoms with Gasteiger partial charge in [-0.2, -0.15) is 5.10 Å². The van der Waals surface area contributed by atoms with Crippen LogP contribution < -0.4 is 5.43 Å². The summed E-state index contributed by atoms with van der Waals surface area (Å²) in [5, 5.41) is 13.6. The Morgan fingerprint density at radius 2 is 1.74 bits per heavy atom. The van der Waals surface area contributed by atoms with E-state index in [0.717, 1.165) is 11.4 Å². The third-order valence-corrected chi connectivity index (χ3v) is 3.33. The fraction of sp³-hybridized carbons (Fsp3) is 0. The second kappa shape index (κ2) is 6.62. The smallest absolute Gasteiger partial charge is 0.275 e. The van der Waals surface area contributed by atoms with Crippen LogP contribution in [0.2, 0.25) is 0 Å². The number of amides is 1. The predicted octanol–water partition coefficient (Wildman–Crippen LogP) is 2.95. The molecular formula is C18H15N3O2. The molecule has 1 heterocycles. The van der Waals surface area contributed by atoms with Crippen molar-refractivity contribution in [1.29, 1.82) is 0 Å². The van der Waals surface area contributed by atoms with Crippen LogP contribution in [-0.2, 0) is 0 Å². The molecule has 5 nitrogen and oxygen atoms in total. The highest BCUT2D eigenvalue weighted by molar-refractivity contribution is 5.97. The van der Waals surface area contributed by atoms with Crippen molar-refractivity contribution in [3.05, 3.63) is 84.2 Å². The molecule has 23 heavy (non-hydrogen) atoms. The topological polar surface area (TPSA) is 66.6 Å². The quantitative estimate of drug-likeness (QED) is 0.575. The van der Waals surface area contributed by atoms with Crippen LogP contribution in [-0.4, -0.2) is 21.8 Å². The average Bonchev–Trinajstić information content (AvgIpc) is 3.04. The largest absolute Gasteiger partial charge is 0.507 e. The molecule has 5 heteroatoms. The van der Waals surface area contributed by atoms with Gasteiger partial charge in [-0.15, -0.1) is 0 Å². The maximum absolute atomic E-state index is 12.0. The van der Waals surface area contributed by atoms with Crippen LogP contribution in [0.5, 0.6) is 5.75 Å². The second-order valence-corrected chi connectivity index (χ2v) is 4.85. The van der Waals surface area contributed by atoms with Gasteiger partial charge in [0.25, 0.3) is 5.91 Å². The van der Waals surface area contributed by atoms with Crippen LogP contribution in [0.3, 0.4) is 0 Å². The SMILES string of the molecule is O=C(NN=Cc1cccn1-c1ccccc1)c1ccccc1O. The van der Waals surface area contributed by atoms with Gasteiger partial charge in [-0.3, -0.25) is 4.79 Å². The Hall–Kier alpha value is -3.34. The average molecular weight is 305 g/mol. The number of benzene rings is 2. The van der Waals surface area contributed by atoms with E-state index < -0.39 is 5.91 Å². The van der Waals surface area contributed by atoms with E-state index in [9.17, 15) is 9.90 Å². The lowest BCUT2D eigenvalue weighted by molar-refractivity contribution is 0.0952. The van der Waals surface area contributed by atoms with Gasteiger partial charge in [0.15, 0.2) is 0 Å². The number of rotatable bonds is 4. The summed E-state index contributed by atoms with van der Waals surface area (Å²) in [4.78, 5) is 12.0. The van der Waals surface area contributed by atoms with Crippen LogP contribution in [0.25, 0.3) is 5.69 Å². The number of phenols is 1. The summed E-state index contributed by atoms with van der Waals surface area (Å²) in [5.74, 6) is -0.537. The molecule has 1 aromatic heterocycles. The maximum Gasteiger partial charge on any atom is 0.275 e. The van der Waals surface area contributed by atoms with Crippen molar-refractivity contribution in [3.63, 3.8) is 0 Å². The fourth-order valence-corrected chi connectivity index (χ4v) is 2.21. The van der Waals surface area contributed by atoms with Crippen molar-refractivity contribution >= 4 is 12.1 Å². The van der Waals surface area contributed by atoms with Crippen molar-refractivity contribution in [2.75, 3.05) is 0 Å². The second-order valence-electron chi connectivity index (χ2n) is 4.85. The van der Waals surface area contributed by atoms with Crippen LogP contribution in [0.1, 0.15) is 16.1 Å². The molecule has 0 spiro atoms. The van der Waals surface area contributed by atoms with Crippen molar-refractivity contribution < 1.29 is 9.90 Å². The third kappa shape index (κ3) is 3.29. The Labute approximate surface area is 133 Å². The first-order chi connectivity index (χ1) is 11.3. The Kier molecular flexibility index (Phi) is 4.20. The summed E-state index contributed by atoms with van der Waals surface area (Å²) in [7, 11) is 0. The molecule has 3 aromatic rings. The Morgan fingerprint density at radius 3 is 2.52 bits per heavy atom. The van der Waals surface area contributed by atoms with Crippen molar-refractivity contribution in [2.24, 2.45) is 5.10 Å². The van der Waals surface area contributed by atoms with E-state index in [-0.39, 0.29) is 11.3 Å². The minimum atomic E-state index is -0.461. The lowest BCUT2D eigenvalue weighted by Crippen LogP contribution is -2.17. The molecule has 1 amide bonds. The van der Waals surface area contributed by atoms with Gasteiger partial charge in [0.2, 0.25) is 0 Å². The summed E-state index contributed by atoms with van der Waals surface area (Å²) < 4.78 is 1.95. The van der Waals surface area contributed by atoms with Gasteiger partial charge in [-0.25, -0.2) is 5.43 Å². The van der Waals surface area contributed by atoms with Gasteiger partial charge in [0.1, 0.15) is 5.75 Å². The number of hydrogen-bond acceptors (Lipinski definition) is 3. The highest BCUT2D eigenvalue weighted by Gasteiger charge is 2.08. The van der Waals surface area contributed by atoms with Crippen LogP contribution in [0.15, 0.2) is 78.0 Å². The number of phenolic OH excluding ortho intramolecular Hbond substituents is 1. The van der Waals surface area contributed by atoms with Crippen molar-refractivity contribution in [1.82, 2.24) is 9.99 Å². The molecule has 0 aliphatic rings. The normalized spacial score (nSPS) is 10.8. The number of aromatic hydroxyl groups is 1. The van der Waals surface area contributed by atoms with Gasteiger partial charge < -0.3 is 9.67 Å². The summed E-state index contributed by atoms with van der Waals surface area (Å²) >= 11 is 0. The van der Waals surface area contributed by atoms with Crippen LogP contribution in [0.4, 0.5) is 0 Å². The van der Waals surface area contributed by atoms with Gasteiger partial charge in [-0.1, -0.05) is 30.3 Å². The van der Waals surface area contributed by atoms with E-state index in [0.29, 0.717) is 0 Å². The lowest BCUT2D eigenvalue weighted by atomic mass is 10.2. The van der Waals surface area contributed by atoms with Crippen LogP contribution >= 0.6 is 0 Å². The Balaban J connectivity index is 1.74. The predicted molar refractivity (Wildman–Crippen MR) is 88.9 cm³/mol. The number of hydrogen-bond donors (Lipinski definition) is 2. The van der Waals surface area contributed by atoms with E-state index in [1.165, 1.54) is 12.1 Å². The summed E-state index contributed by atoms with van der Waals surface area (Å²) in [6.07, 6.45) is 3.48. The van der Waals surface area contributed by atoms with Gasteiger partial charge in [0, 0.05) is 11.9 Å². The molecule has 2 aromatic carbocycles. The molecule has 0 aliphatic heterocycles. The van der Waals surface area contributed by atoms with E-state index in [1.54, 1.807) is 18.3 Å². The molecule has 0 saturated carbocycles. The molecule has 0 fully saturated rings. The molecule has 0 saturated heterocycles. The van der Waals surface area contributed by atoms with E-state index >= 15 is 0 Å². The van der Waals surface area contributed by atoms with Crippen molar-refractivity contribution in [3.8, 4) is 11.4 Å². The number of nitrogens with zero attached hydrogens (tertiary/aromatic N) is 2. The molecule has 0 atom stereocenters.